The maximum Gasteiger partial charge on any atom is 0.317 e. The van der Waals surface area contributed by atoms with Crippen molar-refractivity contribution in [3.8, 4) is 0 Å². The lowest BCUT2D eigenvalue weighted by Gasteiger charge is -2.32. The molecule has 0 bridgehead atoms. The largest absolute Gasteiger partial charge is 0.349 e. The summed E-state index contributed by atoms with van der Waals surface area (Å²) in [5.41, 5.74) is 0. The number of carbonyl (C=O) groups is 2. The molecule has 3 amide bonds. The Labute approximate surface area is 143 Å². The Balaban J connectivity index is 1.74. The molecular formula is C17H29N5O2. The number of piperidine rings is 1. The number of rotatable bonds is 6. The van der Waals surface area contributed by atoms with E-state index in [2.05, 4.69) is 29.5 Å². The summed E-state index contributed by atoms with van der Waals surface area (Å²) in [4.78, 5) is 30.3. The summed E-state index contributed by atoms with van der Waals surface area (Å²) in [7, 11) is 1.91. The van der Waals surface area contributed by atoms with Gasteiger partial charge in [0.05, 0.1) is 6.54 Å². The topological polar surface area (TPSA) is 79.3 Å². The average molecular weight is 335 g/mol. The van der Waals surface area contributed by atoms with Crippen LogP contribution in [0.15, 0.2) is 12.4 Å². The number of nitrogens with zero attached hydrogens (tertiary/aromatic N) is 3. The van der Waals surface area contributed by atoms with E-state index in [0.29, 0.717) is 32.0 Å². The van der Waals surface area contributed by atoms with Gasteiger partial charge < -0.3 is 20.1 Å². The Morgan fingerprint density at radius 3 is 2.83 bits per heavy atom. The van der Waals surface area contributed by atoms with E-state index in [1.54, 1.807) is 6.20 Å². The molecule has 1 aromatic rings. The molecule has 2 heterocycles. The molecule has 0 aromatic carbocycles. The Morgan fingerprint density at radius 2 is 2.17 bits per heavy atom. The molecule has 24 heavy (non-hydrogen) atoms. The van der Waals surface area contributed by atoms with Gasteiger partial charge in [-0.1, -0.05) is 13.8 Å². The zero-order chi connectivity index (χ0) is 17.5. The maximum absolute atomic E-state index is 12.2. The van der Waals surface area contributed by atoms with Crippen molar-refractivity contribution in [3.05, 3.63) is 18.2 Å². The third-order valence-electron chi connectivity index (χ3n) is 4.31. The fourth-order valence-electron chi connectivity index (χ4n) is 2.90. The molecule has 134 valence electrons. The number of hydrogen-bond donors (Lipinski definition) is 2. The van der Waals surface area contributed by atoms with Gasteiger partial charge in [-0.2, -0.15) is 0 Å². The summed E-state index contributed by atoms with van der Waals surface area (Å²) >= 11 is 0. The number of aromatic nitrogens is 2. The van der Waals surface area contributed by atoms with Crippen LogP contribution in [0, 0.1) is 11.8 Å². The summed E-state index contributed by atoms with van der Waals surface area (Å²) in [6.07, 6.45) is 5.97. The predicted molar refractivity (Wildman–Crippen MR) is 92.2 cm³/mol. The minimum absolute atomic E-state index is 0.0122. The van der Waals surface area contributed by atoms with E-state index in [1.165, 1.54) is 0 Å². The molecule has 7 heteroatoms. The van der Waals surface area contributed by atoms with Gasteiger partial charge >= 0.3 is 6.03 Å². The van der Waals surface area contributed by atoms with E-state index in [-0.39, 0.29) is 17.9 Å². The van der Waals surface area contributed by atoms with Gasteiger partial charge in [0, 0.05) is 45.5 Å². The molecule has 2 N–H and O–H groups in total. The Bertz CT molecular complexity index is 555. The van der Waals surface area contributed by atoms with Crippen LogP contribution in [0.4, 0.5) is 4.79 Å². The first-order chi connectivity index (χ1) is 11.5. The molecule has 1 aliphatic heterocycles. The summed E-state index contributed by atoms with van der Waals surface area (Å²) in [5.74, 6) is 1.52. The predicted octanol–water partition coefficient (Wildman–Crippen LogP) is 1.50. The Kier molecular flexibility index (Phi) is 6.63. The number of hydrogen-bond acceptors (Lipinski definition) is 3. The number of imidazole rings is 1. The lowest BCUT2D eigenvalue weighted by Crippen LogP contribution is -2.47. The highest BCUT2D eigenvalue weighted by atomic mass is 16.2. The van der Waals surface area contributed by atoms with Gasteiger partial charge in [0.25, 0.3) is 0 Å². The second-order valence-electron chi connectivity index (χ2n) is 6.97. The summed E-state index contributed by atoms with van der Waals surface area (Å²) in [5, 5.41) is 5.87. The fraction of sp³-hybridized carbons (Fsp3) is 0.706. The van der Waals surface area contributed by atoms with E-state index in [1.807, 2.05) is 22.7 Å². The standard InChI is InChI=1S/C17H29N5O2/c1-13(2)10-20-17(24)22-7-4-5-14(12-22)9-16(23)19-11-15-18-6-8-21(15)3/h6,8,13-14H,4-5,7,9-12H2,1-3H3,(H,19,23)(H,20,24). The molecule has 0 spiro atoms. The van der Waals surface area contributed by atoms with Crippen molar-refractivity contribution in [2.45, 2.75) is 39.7 Å². The molecule has 0 radical (unpaired) electrons. The Morgan fingerprint density at radius 1 is 1.38 bits per heavy atom. The number of likely N-dealkylation sites (tertiary alicyclic amines) is 1. The van der Waals surface area contributed by atoms with Crippen LogP contribution in [0.2, 0.25) is 0 Å². The average Bonchev–Trinajstić information content (AvgIpc) is 2.96. The number of carbonyl (C=O) groups excluding carboxylic acids is 2. The monoisotopic (exact) mass is 335 g/mol. The Hall–Kier alpha value is -2.05. The van der Waals surface area contributed by atoms with Crippen LogP contribution in [0.25, 0.3) is 0 Å². The van der Waals surface area contributed by atoms with Gasteiger partial charge in [-0.3, -0.25) is 4.79 Å². The zero-order valence-corrected chi connectivity index (χ0v) is 14.9. The fourth-order valence-corrected chi connectivity index (χ4v) is 2.90. The smallest absolute Gasteiger partial charge is 0.317 e. The van der Waals surface area contributed by atoms with Crippen LogP contribution in [0.3, 0.4) is 0 Å². The van der Waals surface area contributed by atoms with E-state index in [9.17, 15) is 9.59 Å². The number of nitrogens with one attached hydrogen (secondary N) is 2. The van der Waals surface area contributed by atoms with Crippen molar-refractivity contribution in [1.82, 2.24) is 25.1 Å². The molecule has 1 fully saturated rings. The van der Waals surface area contributed by atoms with Crippen LogP contribution in [-0.4, -0.2) is 46.0 Å². The SMILES string of the molecule is CC(C)CNC(=O)N1CCCC(CC(=O)NCc2nccn2C)C1. The van der Waals surface area contributed by atoms with Gasteiger partial charge in [-0.05, 0) is 24.7 Å². The molecular weight excluding hydrogens is 306 g/mol. The molecule has 1 aliphatic rings. The van der Waals surface area contributed by atoms with Gasteiger partial charge in [0.1, 0.15) is 5.82 Å². The third kappa shape index (κ3) is 5.54. The van der Waals surface area contributed by atoms with Crippen molar-refractivity contribution >= 4 is 11.9 Å². The second-order valence-corrected chi connectivity index (χ2v) is 6.97. The van der Waals surface area contributed by atoms with E-state index in [4.69, 9.17) is 0 Å². The highest BCUT2D eigenvalue weighted by Gasteiger charge is 2.25. The lowest BCUT2D eigenvalue weighted by molar-refractivity contribution is -0.122. The van der Waals surface area contributed by atoms with Crippen molar-refractivity contribution in [3.63, 3.8) is 0 Å². The second kappa shape index (κ2) is 8.70. The lowest BCUT2D eigenvalue weighted by atomic mass is 9.94. The first kappa shape index (κ1) is 18.3. The van der Waals surface area contributed by atoms with E-state index < -0.39 is 0 Å². The first-order valence-corrected chi connectivity index (χ1v) is 8.71. The normalized spacial score (nSPS) is 17.8. The number of urea groups is 1. The molecule has 7 nitrogen and oxygen atoms in total. The summed E-state index contributed by atoms with van der Waals surface area (Å²) in [6.45, 7) is 6.70. The quantitative estimate of drug-likeness (QED) is 0.827. The molecule has 1 unspecified atom stereocenters. The minimum Gasteiger partial charge on any atom is -0.349 e. The molecule has 0 aliphatic carbocycles. The molecule has 1 aromatic heterocycles. The van der Waals surface area contributed by atoms with Crippen molar-refractivity contribution in [1.29, 1.82) is 0 Å². The minimum atomic E-state index is -0.0122. The summed E-state index contributed by atoms with van der Waals surface area (Å²) in [6, 6.07) is -0.0122. The van der Waals surface area contributed by atoms with Gasteiger partial charge in [-0.15, -0.1) is 0 Å². The molecule has 1 saturated heterocycles. The first-order valence-electron chi connectivity index (χ1n) is 8.71. The van der Waals surface area contributed by atoms with Crippen LogP contribution in [-0.2, 0) is 18.4 Å². The maximum atomic E-state index is 12.2. The molecule has 0 saturated carbocycles. The number of amides is 3. The van der Waals surface area contributed by atoms with Gasteiger partial charge in [0.15, 0.2) is 0 Å². The number of aryl methyl sites for hydroxylation is 1. The summed E-state index contributed by atoms with van der Waals surface area (Å²) < 4.78 is 1.89. The van der Waals surface area contributed by atoms with Crippen molar-refractivity contribution in [2.24, 2.45) is 18.9 Å². The van der Waals surface area contributed by atoms with Crippen LogP contribution in [0.1, 0.15) is 38.9 Å². The highest BCUT2D eigenvalue weighted by Crippen LogP contribution is 2.19. The van der Waals surface area contributed by atoms with Crippen molar-refractivity contribution in [2.75, 3.05) is 19.6 Å². The highest BCUT2D eigenvalue weighted by molar-refractivity contribution is 5.77. The van der Waals surface area contributed by atoms with Crippen LogP contribution < -0.4 is 10.6 Å². The van der Waals surface area contributed by atoms with Gasteiger partial charge in [-0.25, -0.2) is 9.78 Å². The zero-order valence-electron chi connectivity index (χ0n) is 14.9. The van der Waals surface area contributed by atoms with Crippen LogP contribution in [0.5, 0.6) is 0 Å². The molecule has 1 atom stereocenters. The van der Waals surface area contributed by atoms with E-state index in [0.717, 1.165) is 25.2 Å². The van der Waals surface area contributed by atoms with Crippen LogP contribution >= 0.6 is 0 Å². The molecule has 2 rings (SSSR count). The van der Waals surface area contributed by atoms with E-state index >= 15 is 0 Å². The van der Waals surface area contributed by atoms with Crippen molar-refractivity contribution < 1.29 is 9.59 Å². The van der Waals surface area contributed by atoms with Gasteiger partial charge in [0.2, 0.25) is 5.91 Å². The third-order valence-corrected chi connectivity index (χ3v) is 4.31.